The number of unbranched alkanes of at least 4 members (excludes halogenated alkanes) is 1. The summed E-state index contributed by atoms with van der Waals surface area (Å²) in [6.07, 6.45) is 1.89. The molecule has 0 bridgehead atoms. The fourth-order valence-corrected chi connectivity index (χ4v) is 2.29. The zero-order chi connectivity index (χ0) is 15.1. The molecule has 2 N–H and O–H groups in total. The molecule has 3 nitrogen and oxygen atoms in total. The molecule has 110 valence electrons. The van der Waals surface area contributed by atoms with E-state index in [0.29, 0.717) is 17.7 Å². The first-order valence-corrected chi connectivity index (χ1v) is 7.31. The van der Waals surface area contributed by atoms with Gasteiger partial charge in [0.15, 0.2) is 5.60 Å². The van der Waals surface area contributed by atoms with Crippen molar-refractivity contribution in [1.82, 2.24) is 5.32 Å². The molecule has 0 saturated carbocycles. The molecule has 0 saturated heterocycles. The van der Waals surface area contributed by atoms with Gasteiger partial charge in [0.05, 0.1) is 0 Å². The smallest absolute Gasteiger partial charge is 0.261 e. The monoisotopic (exact) mass is 283 g/mol. The fourth-order valence-electron chi connectivity index (χ4n) is 2.29. The third-order valence-electron chi connectivity index (χ3n) is 3.53. The number of carbonyl (C=O) groups is 1. The van der Waals surface area contributed by atoms with Gasteiger partial charge in [-0.3, -0.25) is 4.79 Å². The van der Waals surface area contributed by atoms with Crippen LogP contribution in [-0.4, -0.2) is 17.6 Å². The van der Waals surface area contributed by atoms with Crippen LogP contribution in [0, 0.1) is 0 Å². The van der Waals surface area contributed by atoms with Gasteiger partial charge in [0, 0.05) is 6.54 Å². The number of hydrogen-bond acceptors (Lipinski definition) is 2. The molecule has 3 heteroatoms. The average molecular weight is 283 g/mol. The second-order valence-corrected chi connectivity index (χ2v) is 5.05. The molecule has 1 amide bonds. The number of amides is 1. The first-order chi connectivity index (χ1) is 10.2. The minimum absolute atomic E-state index is 0.381. The van der Waals surface area contributed by atoms with Crippen LogP contribution in [0.4, 0.5) is 0 Å². The largest absolute Gasteiger partial charge is 0.372 e. The van der Waals surface area contributed by atoms with Crippen LogP contribution in [-0.2, 0) is 10.4 Å². The lowest BCUT2D eigenvalue weighted by Gasteiger charge is -2.28. The highest BCUT2D eigenvalue weighted by Gasteiger charge is 2.39. The van der Waals surface area contributed by atoms with Gasteiger partial charge in [0.2, 0.25) is 0 Å². The molecule has 2 aromatic rings. The molecule has 0 heterocycles. The number of rotatable bonds is 6. The van der Waals surface area contributed by atoms with Crippen LogP contribution in [0.5, 0.6) is 0 Å². The van der Waals surface area contributed by atoms with Crippen molar-refractivity contribution in [2.24, 2.45) is 0 Å². The molecule has 21 heavy (non-hydrogen) atoms. The van der Waals surface area contributed by atoms with E-state index in [1.165, 1.54) is 0 Å². The maximum atomic E-state index is 12.6. The molecular formula is C18H21NO2. The molecule has 0 unspecified atom stereocenters. The maximum Gasteiger partial charge on any atom is 0.261 e. The number of carbonyl (C=O) groups excluding carboxylic acids is 1. The topological polar surface area (TPSA) is 49.3 Å². The minimum Gasteiger partial charge on any atom is -0.372 e. The summed E-state index contributed by atoms with van der Waals surface area (Å²) >= 11 is 0. The number of hydrogen-bond donors (Lipinski definition) is 2. The highest BCUT2D eigenvalue weighted by molar-refractivity contribution is 5.90. The SMILES string of the molecule is CCCCNC(=O)C(O)(c1ccccc1)c1ccccc1. The normalized spacial score (nSPS) is 11.1. The summed E-state index contributed by atoms with van der Waals surface area (Å²) in [6, 6.07) is 18.1. The molecule has 0 radical (unpaired) electrons. The number of nitrogens with one attached hydrogen (secondary N) is 1. The summed E-state index contributed by atoms with van der Waals surface area (Å²) in [5.41, 5.74) is -0.508. The van der Waals surface area contributed by atoms with Gasteiger partial charge in [-0.15, -0.1) is 0 Å². The summed E-state index contributed by atoms with van der Waals surface area (Å²) < 4.78 is 0. The van der Waals surface area contributed by atoms with Crippen LogP contribution in [0.15, 0.2) is 60.7 Å². The predicted octanol–water partition coefficient (Wildman–Crippen LogP) is 2.84. The van der Waals surface area contributed by atoms with E-state index in [2.05, 4.69) is 12.2 Å². The Bertz CT molecular complexity index is 527. The first kappa shape index (κ1) is 15.3. The second kappa shape index (κ2) is 7.04. The van der Waals surface area contributed by atoms with Gasteiger partial charge in [0.25, 0.3) is 5.91 Å². The third kappa shape index (κ3) is 3.31. The minimum atomic E-state index is -1.66. The van der Waals surface area contributed by atoms with Gasteiger partial charge in [-0.2, -0.15) is 0 Å². The predicted molar refractivity (Wildman–Crippen MR) is 83.8 cm³/mol. The van der Waals surface area contributed by atoms with Crippen molar-refractivity contribution in [2.75, 3.05) is 6.54 Å². The molecule has 0 aliphatic rings. The molecule has 2 aromatic carbocycles. The maximum absolute atomic E-state index is 12.6. The van der Waals surface area contributed by atoms with Crippen LogP contribution in [0.3, 0.4) is 0 Å². The van der Waals surface area contributed by atoms with Crippen molar-refractivity contribution < 1.29 is 9.90 Å². The summed E-state index contributed by atoms with van der Waals surface area (Å²) in [6.45, 7) is 2.63. The van der Waals surface area contributed by atoms with Crippen molar-refractivity contribution in [3.05, 3.63) is 71.8 Å². The van der Waals surface area contributed by atoms with Gasteiger partial charge in [-0.1, -0.05) is 74.0 Å². The Morgan fingerprint density at radius 2 is 1.48 bits per heavy atom. The fraction of sp³-hybridized carbons (Fsp3) is 0.278. The van der Waals surface area contributed by atoms with E-state index in [9.17, 15) is 9.90 Å². The first-order valence-electron chi connectivity index (χ1n) is 7.31. The lowest BCUT2D eigenvalue weighted by Crippen LogP contribution is -2.45. The van der Waals surface area contributed by atoms with Crippen molar-refractivity contribution >= 4 is 5.91 Å². The van der Waals surface area contributed by atoms with Gasteiger partial charge in [-0.05, 0) is 17.5 Å². The van der Waals surface area contributed by atoms with E-state index in [1.807, 2.05) is 36.4 Å². The average Bonchev–Trinajstić information content (AvgIpc) is 2.56. The molecule has 0 spiro atoms. The van der Waals surface area contributed by atoms with Crippen LogP contribution >= 0.6 is 0 Å². The van der Waals surface area contributed by atoms with Crippen molar-refractivity contribution in [3.63, 3.8) is 0 Å². The van der Waals surface area contributed by atoms with E-state index in [4.69, 9.17) is 0 Å². The molecule has 0 atom stereocenters. The molecule has 2 rings (SSSR count). The lowest BCUT2D eigenvalue weighted by molar-refractivity contribution is -0.136. The Labute approximate surface area is 125 Å². The Kier molecular flexibility index (Phi) is 5.12. The summed E-state index contributed by atoms with van der Waals surface area (Å²) in [4.78, 5) is 12.6. The quantitative estimate of drug-likeness (QED) is 0.801. The van der Waals surface area contributed by atoms with E-state index in [0.717, 1.165) is 12.8 Å². The van der Waals surface area contributed by atoms with Gasteiger partial charge >= 0.3 is 0 Å². The van der Waals surface area contributed by atoms with Crippen molar-refractivity contribution in [1.29, 1.82) is 0 Å². The standard InChI is InChI=1S/C18H21NO2/c1-2-3-14-19-17(20)18(21,15-10-6-4-7-11-15)16-12-8-5-9-13-16/h4-13,21H,2-3,14H2,1H3,(H,19,20). The molecule has 0 aliphatic carbocycles. The van der Waals surface area contributed by atoms with E-state index < -0.39 is 5.60 Å². The van der Waals surface area contributed by atoms with E-state index in [1.54, 1.807) is 24.3 Å². The molecular weight excluding hydrogens is 262 g/mol. The van der Waals surface area contributed by atoms with Crippen molar-refractivity contribution in [2.45, 2.75) is 25.4 Å². The summed E-state index contributed by atoms with van der Waals surface area (Å²) in [7, 11) is 0. The number of benzene rings is 2. The Hall–Kier alpha value is -2.13. The van der Waals surface area contributed by atoms with Crippen LogP contribution < -0.4 is 5.32 Å². The Morgan fingerprint density at radius 3 is 1.90 bits per heavy atom. The summed E-state index contributed by atoms with van der Waals surface area (Å²) in [5.74, 6) is -0.381. The summed E-state index contributed by atoms with van der Waals surface area (Å²) in [5, 5.41) is 13.9. The second-order valence-electron chi connectivity index (χ2n) is 5.05. The highest BCUT2D eigenvalue weighted by Crippen LogP contribution is 2.29. The Balaban J connectivity index is 2.38. The zero-order valence-electron chi connectivity index (χ0n) is 12.3. The van der Waals surface area contributed by atoms with Gasteiger partial charge < -0.3 is 10.4 Å². The lowest BCUT2D eigenvalue weighted by atomic mass is 9.85. The van der Waals surface area contributed by atoms with E-state index >= 15 is 0 Å². The van der Waals surface area contributed by atoms with Crippen LogP contribution in [0.1, 0.15) is 30.9 Å². The van der Waals surface area contributed by atoms with Gasteiger partial charge in [-0.25, -0.2) is 0 Å². The zero-order valence-corrected chi connectivity index (χ0v) is 12.3. The van der Waals surface area contributed by atoms with Crippen LogP contribution in [0.25, 0.3) is 0 Å². The van der Waals surface area contributed by atoms with E-state index in [-0.39, 0.29) is 5.91 Å². The third-order valence-corrected chi connectivity index (χ3v) is 3.53. The molecule has 0 fully saturated rings. The Morgan fingerprint density at radius 1 is 1.00 bits per heavy atom. The van der Waals surface area contributed by atoms with Crippen LogP contribution in [0.2, 0.25) is 0 Å². The highest BCUT2D eigenvalue weighted by atomic mass is 16.3. The van der Waals surface area contributed by atoms with Crippen molar-refractivity contribution in [3.8, 4) is 0 Å². The van der Waals surface area contributed by atoms with Gasteiger partial charge in [0.1, 0.15) is 0 Å². The molecule has 0 aromatic heterocycles. The number of aliphatic hydroxyl groups is 1. The molecule has 0 aliphatic heterocycles.